The molecule has 0 unspecified atom stereocenters. The molecule has 1 atom stereocenters. The van der Waals surface area contributed by atoms with Gasteiger partial charge in [0.2, 0.25) is 5.91 Å². The number of ether oxygens (including phenoxy) is 1. The van der Waals surface area contributed by atoms with Gasteiger partial charge in [-0.25, -0.2) is 4.99 Å². The SMILES string of the molecule is CC[C@H](C)NC(=O)CSC1=Nc2cc(C)c(C)cc2N=C(c2cccc(OC)c2)C1. The van der Waals surface area contributed by atoms with Gasteiger partial charge >= 0.3 is 0 Å². The molecular formula is C24H29N3O2S. The molecule has 0 saturated heterocycles. The van der Waals surface area contributed by atoms with Crippen molar-refractivity contribution in [3.05, 3.63) is 53.1 Å². The van der Waals surface area contributed by atoms with Crippen LogP contribution in [-0.2, 0) is 4.79 Å². The van der Waals surface area contributed by atoms with Crippen LogP contribution in [0.3, 0.4) is 0 Å². The molecule has 6 heteroatoms. The fraction of sp³-hybridized carbons (Fsp3) is 0.375. The van der Waals surface area contributed by atoms with Crippen LogP contribution in [0.15, 0.2) is 46.4 Å². The largest absolute Gasteiger partial charge is 0.497 e. The van der Waals surface area contributed by atoms with E-state index < -0.39 is 0 Å². The lowest BCUT2D eigenvalue weighted by molar-refractivity contribution is -0.119. The number of carbonyl (C=O) groups is 1. The maximum atomic E-state index is 12.3. The summed E-state index contributed by atoms with van der Waals surface area (Å²) in [5, 5.41) is 3.90. The smallest absolute Gasteiger partial charge is 0.230 e. The molecule has 0 saturated carbocycles. The third-order valence-corrected chi connectivity index (χ3v) is 6.18. The van der Waals surface area contributed by atoms with Crippen molar-refractivity contribution in [3.63, 3.8) is 0 Å². The van der Waals surface area contributed by atoms with Crippen molar-refractivity contribution in [2.45, 2.75) is 46.6 Å². The van der Waals surface area contributed by atoms with Gasteiger partial charge in [0.15, 0.2) is 0 Å². The summed E-state index contributed by atoms with van der Waals surface area (Å²) in [6.45, 7) is 8.24. The van der Waals surface area contributed by atoms with Gasteiger partial charge in [-0.3, -0.25) is 9.79 Å². The van der Waals surface area contributed by atoms with Crippen LogP contribution in [0, 0.1) is 13.8 Å². The number of nitrogens with zero attached hydrogens (tertiary/aromatic N) is 2. The van der Waals surface area contributed by atoms with Crippen LogP contribution in [0.2, 0.25) is 0 Å². The molecule has 158 valence electrons. The van der Waals surface area contributed by atoms with Crippen molar-refractivity contribution < 1.29 is 9.53 Å². The minimum atomic E-state index is 0.0291. The highest BCUT2D eigenvalue weighted by Gasteiger charge is 2.18. The first-order chi connectivity index (χ1) is 14.4. The molecule has 0 aliphatic carbocycles. The van der Waals surface area contributed by atoms with Gasteiger partial charge in [-0.2, -0.15) is 0 Å². The molecule has 1 aliphatic rings. The standard InChI is InChI=1S/C24H29N3O2S/c1-6-17(4)25-23(28)14-30-24-13-20(18-8-7-9-19(12-18)29-5)26-21-10-15(2)16(3)11-22(21)27-24/h7-12,17H,6,13-14H2,1-5H3,(H,25,28)/t17-/m0/s1. The minimum Gasteiger partial charge on any atom is -0.497 e. The van der Waals surface area contributed by atoms with Gasteiger partial charge in [-0.1, -0.05) is 19.1 Å². The lowest BCUT2D eigenvalue weighted by atomic mass is 10.1. The number of amides is 1. The lowest BCUT2D eigenvalue weighted by Gasteiger charge is -2.12. The van der Waals surface area contributed by atoms with E-state index in [1.54, 1.807) is 7.11 Å². The number of fused-ring (bicyclic) bond motifs is 1. The van der Waals surface area contributed by atoms with Crippen LogP contribution in [0.5, 0.6) is 5.75 Å². The van der Waals surface area contributed by atoms with Crippen LogP contribution in [0.25, 0.3) is 0 Å². The first-order valence-electron chi connectivity index (χ1n) is 10.2. The second-order valence-corrected chi connectivity index (χ2v) is 8.61. The van der Waals surface area contributed by atoms with E-state index in [1.807, 2.05) is 31.2 Å². The molecule has 1 aliphatic heterocycles. The Hall–Kier alpha value is -2.60. The number of thioether (sulfide) groups is 1. The van der Waals surface area contributed by atoms with Crippen molar-refractivity contribution in [3.8, 4) is 5.75 Å². The number of methoxy groups -OCH3 is 1. The predicted octanol–water partition coefficient (Wildman–Crippen LogP) is 5.51. The molecule has 1 amide bonds. The molecule has 0 aromatic heterocycles. The Balaban J connectivity index is 1.93. The molecule has 0 radical (unpaired) electrons. The lowest BCUT2D eigenvalue weighted by Crippen LogP contribution is -2.33. The van der Waals surface area contributed by atoms with Crippen LogP contribution in [0.4, 0.5) is 11.4 Å². The number of aliphatic imine (C=N–C) groups is 2. The van der Waals surface area contributed by atoms with Crippen molar-refractivity contribution in [1.82, 2.24) is 5.32 Å². The zero-order valence-electron chi connectivity index (χ0n) is 18.3. The molecule has 30 heavy (non-hydrogen) atoms. The van der Waals surface area contributed by atoms with Gasteiger partial charge in [0.25, 0.3) is 0 Å². The third-order valence-electron chi connectivity index (χ3n) is 5.20. The zero-order valence-corrected chi connectivity index (χ0v) is 19.1. The molecule has 1 heterocycles. The quantitative estimate of drug-likeness (QED) is 0.666. The summed E-state index contributed by atoms with van der Waals surface area (Å²) >= 11 is 1.48. The number of aryl methyl sites for hydroxylation is 2. The summed E-state index contributed by atoms with van der Waals surface area (Å²) in [7, 11) is 1.66. The van der Waals surface area contributed by atoms with Crippen molar-refractivity contribution in [2.24, 2.45) is 9.98 Å². The van der Waals surface area contributed by atoms with Crippen molar-refractivity contribution in [2.75, 3.05) is 12.9 Å². The van der Waals surface area contributed by atoms with Gasteiger partial charge < -0.3 is 10.1 Å². The van der Waals surface area contributed by atoms with E-state index in [0.717, 1.165) is 39.9 Å². The number of nitrogens with one attached hydrogen (secondary N) is 1. The average molecular weight is 424 g/mol. The maximum absolute atomic E-state index is 12.3. The van der Waals surface area contributed by atoms with Gasteiger partial charge in [-0.05, 0) is 62.6 Å². The topological polar surface area (TPSA) is 63.0 Å². The monoisotopic (exact) mass is 423 g/mol. The zero-order chi connectivity index (χ0) is 21.7. The number of carbonyl (C=O) groups excluding carboxylic acids is 1. The fourth-order valence-electron chi connectivity index (χ4n) is 3.09. The van der Waals surface area contributed by atoms with E-state index in [9.17, 15) is 4.79 Å². The molecule has 2 aromatic carbocycles. The second-order valence-electron chi connectivity index (χ2n) is 7.56. The second kappa shape index (κ2) is 9.94. The highest BCUT2D eigenvalue weighted by molar-refractivity contribution is 8.14. The van der Waals surface area contributed by atoms with E-state index in [2.05, 4.69) is 38.2 Å². The summed E-state index contributed by atoms with van der Waals surface area (Å²) in [6, 6.07) is 12.2. The van der Waals surface area contributed by atoms with E-state index in [-0.39, 0.29) is 11.9 Å². The average Bonchev–Trinajstić information content (AvgIpc) is 2.91. The molecule has 1 N–H and O–H groups in total. The highest BCUT2D eigenvalue weighted by Crippen LogP contribution is 2.36. The molecular weight excluding hydrogens is 394 g/mol. The van der Waals surface area contributed by atoms with E-state index >= 15 is 0 Å². The first-order valence-corrected chi connectivity index (χ1v) is 11.2. The Bertz CT molecular complexity index is 998. The summed E-state index contributed by atoms with van der Waals surface area (Å²) in [4.78, 5) is 22.1. The van der Waals surface area contributed by atoms with Gasteiger partial charge in [0, 0.05) is 18.0 Å². The third kappa shape index (κ3) is 5.51. The molecule has 3 rings (SSSR count). The number of benzene rings is 2. The van der Waals surface area contributed by atoms with Crippen molar-refractivity contribution >= 4 is 39.8 Å². The van der Waals surface area contributed by atoms with Gasteiger partial charge in [0.1, 0.15) is 5.75 Å². The summed E-state index contributed by atoms with van der Waals surface area (Å²) in [5.74, 6) is 1.16. The molecule has 0 spiro atoms. The summed E-state index contributed by atoms with van der Waals surface area (Å²) < 4.78 is 5.39. The number of hydrogen-bond donors (Lipinski definition) is 1. The van der Waals surface area contributed by atoms with E-state index in [4.69, 9.17) is 14.7 Å². The van der Waals surface area contributed by atoms with E-state index in [1.165, 1.54) is 22.9 Å². The van der Waals surface area contributed by atoms with Crippen LogP contribution in [-0.4, -0.2) is 35.6 Å². The van der Waals surface area contributed by atoms with Gasteiger partial charge in [-0.15, -0.1) is 11.8 Å². The van der Waals surface area contributed by atoms with E-state index in [0.29, 0.717) is 12.2 Å². The molecule has 0 bridgehead atoms. The first kappa shape index (κ1) is 22.1. The summed E-state index contributed by atoms with van der Waals surface area (Å²) in [6.07, 6.45) is 1.48. The number of rotatable bonds is 6. The summed E-state index contributed by atoms with van der Waals surface area (Å²) in [5.41, 5.74) is 5.98. The molecule has 2 aromatic rings. The Morgan fingerprint density at radius 2 is 1.87 bits per heavy atom. The van der Waals surface area contributed by atoms with Crippen LogP contribution < -0.4 is 10.1 Å². The number of hydrogen-bond acceptors (Lipinski definition) is 5. The Morgan fingerprint density at radius 3 is 2.53 bits per heavy atom. The Labute approximate surface area is 183 Å². The highest BCUT2D eigenvalue weighted by atomic mass is 32.2. The van der Waals surface area contributed by atoms with Gasteiger partial charge in [0.05, 0.1) is 35.0 Å². The minimum absolute atomic E-state index is 0.0291. The van der Waals surface area contributed by atoms with Crippen LogP contribution in [0.1, 0.15) is 43.4 Å². The Kier molecular flexibility index (Phi) is 7.32. The maximum Gasteiger partial charge on any atom is 0.230 e. The molecule has 0 fully saturated rings. The molecule has 5 nitrogen and oxygen atoms in total. The fourth-order valence-corrected chi connectivity index (χ4v) is 3.87. The predicted molar refractivity (Wildman–Crippen MR) is 127 cm³/mol. The Morgan fingerprint density at radius 1 is 1.17 bits per heavy atom. The normalized spacial score (nSPS) is 14.2. The van der Waals surface area contributed by atoms with Crippen LogP contribution >= 0.6 is 11.8 Å². The van der Waals surface area contributed by atoms with Crippen molar-refractivity contribution in [1.29, 1.82) is 0 Å².